The summed E-state index contributed by atoms with van der Waals surface area (Å²) in [6, 6.07) is 2.09. The van der Waals surface area contributed by atoms with Crippen molar-refractivity contribution in [1.82, 2.24) is 10.3 Å². The van der Waals surface area contributed by atoms with Crippen molar-refractivity contribution in [1.29, 1.82) is 0 Å². The highest BCUT2D eigenvalue weighted by atomic mass is 32.1. The van der Waals surface area contributed by atoms with Crippen molar-refractivity contribution >= 4 is 34.9 Å². The van der Waals surface area contributed by atoms with E-state index in [0.29, 0.717) is 5.11 Å². The predicted molar refractivity (Wildman–Crippen MR) is 79.9 cm³/mol. The molecule has 0 saturated heterocycles. The molecule has 0 radical (unpaired) electrons. The van der Waals surface area contributed by atoms with Crippen LogP contribution in [0.25, 0.3) is 0 Å². The maximum absolute atomic E-state index is 5.22. The number of hydrogen-bond acceptors (Lipinski definition) is 3. The van der Waals surface area contributed by atoms with Gasteiger partial charge in [0.05, 0.1) is 6.21 Å². The largest absolute Gasteiger partial charge is 0.361 e. The van der Waals surface area contributed by atoms with Crippen molar-refractivity contribution in [3.63, 3.8) is 0 Å². The minimum atomic E-state index is 0.670. The standard InChI is InChI=1S/C12H19N3S2/c1-4-5-7-13-12(16)15(3)14-9-11-10(2)6-8-17-11/h6,8-9H,4-5,7H2,1-3H3,(H,13,16)/b14-9+. The lowest BCUT2D eigenvalue weighted by molar-refractivity contribution is 0.530. The lowest BCUT2D eigenvalue weighted by atomic mass is 10.3. The third-order valence-electron chi connectivity index (χ3n) is 2.35. The Balaban J connectivity index is 2.43. The first-order chi connectivity index (χ1) is 8.15. The molecule has 1 rings (SSSR count). The summed E-state index contributed by atoms with van der Waals surface area (Å²) < 4.78 is 0. The summed E-state index contributed by atoms with van der Waals surface area (Å²) in [4.78, 5) is 1.17. The maximum Gasteiger partial charge on any atom is 0.189 e. The van der Waals surface area contributed by atoms with Gasteiger partial charge in [-0.1, -0.05) is 13.3 Å². The Morgan fingerprint density at radius 2 is 2.41 bits per heavy atom. The molecule has 1 aromatic heterocycles. The zero-order chi connectivity index (χ0) is 12.7. The Kier molecular flexibility index (Phi) is 6.15. The maximum atomic E-state index is 5.22. The van der Waals surface area contributed by atoms with Crippen molar-refractivity contribution in [3.05, 3.63) is 21.9 Å². The molecule has 0 saturated carbocycles. The fraction of sp³-hybridized carbons (Fsp3) is 0.500. The van der Waals surface area contributed by atoms with Gasteiger partial charge in [0.15, 0.2) is 5.11 Å². The predicted octanol–water partition coefficient (Wildman–Crippen LogP) is 3.00. The van der Waals surface area contributed by atoms with E-state index in [1.54, 1.807) is 16.3 Å². The van der Waals surface area contributed by atoms with Crippen LogP contribution in [-0.4, -0.2) is 29.9 Å². The summed E-state index contributed by atoms with van der Waals surface area (Å²) in [5.74, 6) is 0. The molecule has 0 aliphatic rings. The lowest BCUT2D eigenvalue weighted by Gasteiger charge is -2.15. The van der Waals surface area contributed by atoms with Crippen LogP contribution in [0, 0.1) is 6.92 Å². The Morgan fingerprint density at radius 3 is 3.00 bits per heavy atom. The minimum absolute atomic E-state index is 0.670. The van der Waals surface area contributed by atoms with Gasteiger partial charge < -0.3 is 5.32 Å². The molecule has 0 atom stereocenters. The first-order valence-electron chi connectivity index (χ1n) is 5.74. The highest BCUT2D eigenvalue weighted by Crippen LogP contribution is 2.12. The molecule has 0 aliphatic heterocycles. The Labute approximate surface area is 113 Å². The van der Waals surface area contributed by atoms with Gasteiger partial charge in [0.2, 0.25) is 0 Å². The van der Waals surface area contributed by atoms with Crippen LogP contribution in [0.4, 0.5) is 0 Å². The van der Waals surface area contributed by atoms with Crippen LogP contribution in [0.3, 0.4) is 0 Å². The van der Waals surface area contributed by atoms with Crippen LogP contribution in [-0.2, 0) is 0 Å². The van der Waals surface area contributed by atoms with Gasteiger partial charge in [-0.2, -0.15) is 5.10 Å². The van der Waals surface area contributed by atoms with Gasteiger partial charge in [-0.3, -0.25) is 0 Å². The smallest absolute Gasteiger partial charge is 0.189 e. The highest BCUT2D eigenvalue weighted by molar-refractivity contribution is 7.80. The van der Waals surface area contributed by atoms with Crippen LogP contribution >= 0.6 is 23.6 Å². The minimum Gasteiger partial charge on any atom is -0.361 e. The van der Waals surface area contributed by atoms with E-state index in [1.165, 1.54) is 10.4 Å². The Morgan fingerprint density at radius 1 is 1.65 bits per heavy atom. The number of thiocarbonyl (C=S) groups is 1. The number of nitrogens with zero attached hydrogens (tertiary/aromatic N) is 2. The fourth-order valence-electron chi connectivity index (χ4n) is 1.19. The van der Waals surface area contributed by atoms with E-state index < -0.39 is 0 Å². The fourth-order valence-corrected chi connectivity index (χ4v) is 2.12. The Hall–Kier alpha value is -0.940. The molecule has 94 valence electrons. The first kappa shape index (κ1) is 14.1. The molecule has 0 spiro atoms. The molecule has 1 aromatic rings. The molecule has 0 bridgehead atoms. The van der Waals surface area contributed by atoms with Crippen LogP contribution in [0.5, 0.6) is 0 Å². The van der Waals surface area contributed by atoms with E-state index in [1.807, 2.05) is 13.3 Å². The zero-order valence-electron chi connectivity index (χ0n) is 10.6. The van der Waals surface area contributed by atoms with Gasteiger partial charge in [-0.05, 0) is 42.6 Å². The van der Waals surface area contributed by atoms with Crippen molar-refractivity contribution < 1.29 is 0 Å². The number of hydrazone groups is 1. The summed E-state index contributed by atoms with van der Waals surface area (Å²) in [6.07, 6.45) is 4.15. The van der Waals surface area contributed by atoms with Crippen molar-refractivity contribution in [3.8, 4) is 0 Å². The molecule has 0 aromatic carbocycles. The number of unbranched alkanes of at least 4 members (excludes halogenated alkanes) is 1. The van der Waals surface area contributed by atoms with E-state index in [0.717, 1.165) is 19.4 Å². The second kappa shape index (κ2) is 7.40. The van der Waals surface area contributed by atoms with Gasteiger partial charge in [0, 0.05) is 18.5 Å². The second-order valence-corrected chi connectivity index (χ2v) is 5.16. The summed E-state index contributed by atoms with van der Waals surface area (Å²) >= 11 is 6.91. The third kappa shape index (κ3) is 4.83. The van der Waals surface area contributed by atoms with Gasteiger partial charge in [0.1, 0.15) is 0 Å². The van der Waals surface area contributed by atoms with Crippen LogP contribution in [0.2, 0.25) is 0 Å². The van der Waals surface area contributed by atoms with Crippen LogP contribution in [0.1, 0.15) is 30.2 Å². The SMILES string of the molecule is CCCCNC(=S)N(C)/N=C/c1sccc1C. The molecule has 0 amide bonds. The number of nitrogens with one attached hydrogen (secondary N) is 1. The van der Waals surface area contributed by atoms with Gasteiger partial charge in [0.25, 0.3) is 0 Å². The van der Waals surface area contributed by atoms with Crippen LogP contribution < -0.4 is 5.32 Å². The van der Waals surface area contributed by atoms with Gasteiger partial charge in [-0.15, -0.1) is 11.3 Å². The molecule has 17 heavy (non-hydrogen) atoms. The van der Waals surface area contributed by atoms with E-state index >= 15 is 0 Å². The molecular weight excluding hydrogens is 250 g/mol. The number of aryl methyl sites for hydroxylation is 1. The van der Waals surface area contributed by atoms with E-state index in [-0.39, 0.29) is 0 Å². The normalized spacial score (nSPS) is 10.8. The third-order valence-corrected chi connectivity index (χ3v) is 3.71. The summed E-state index contributed by atoms with van der Waals surface area (Å²) in [5.41, 5.74) is 1.25. The van der Waals surface area contributed by atoms with E-state index in [2.05, 4.69) is 35.7 Å². The number of rotatable bonds is 5. The molecule has 1 heterocycles. The number of thiophene rings is 1. The highest BCUT2D eigenvalue weighted by Gasteiger charge is 2.01. The van der Waals surface area contributed by atoms with Gasteiger partial charge >= 0.3 is 0 Å². The lowest BCUT2D eigenvalue weighted by Crippen LogP contribution is -2.34. The summed E-state index contributed by atoms with van der Waals surface area (Å²) in [6.45, 7) is 5.15. The van der Waals surface area contributed by atoms with Gasteiger partial charge in [-0.25, -0.2) is 5.01 Å². The van der Waals surface area contributed by atoms with Crippen LogP contribution in [0.15, 0.2) is 16.5 Å². The van der Waals surface area contributed by atoms with Crippen molar-refractivity contribution in [2.45, 2.75) is 26.7 Å². The Bertz CT molecular complexity index is 385. The first-order valence-corrected chi connectivity index (χ1v) is 7.03. The topological polar surface area (TPSA) is 27.6 Å². The van der Waals surface area contributed by atoms with Crippen molar-refractivity contribution in [2.75, 3.05) is 13.6 Å². The number of hydrogen-bond donors (Lipinski definition) is 1. The molecule has 0 fully saturated rings. The summed E-state index contributed by atoms with van der Waals surface area (Å²) in [5, 5.41) is 11.9. The molecule has 0 aliphatic carbocycles. The second-order valence-electron chi connectivity index (χ2n) is 3.82. The molecule has 3 nitrogen and oxygen atoms in total. The molecule has 5 heteroatoms. The van der Waals surface area contributed by atoms with Crippen molar-refractivity contribution in [2.24, 2.45) is 5.10 Å². The molecular formula is C12H19N3S2. The van der Waals surface area contributed by atoms with E-state index in [9.17, 15) is 0 Å². The molecule has 1 N–H and O–H groups in total. The summed E-state index contributed by atoms with van der Waals surface area (Å²) in [7, 11) is 1.86. The zero-order valence-corrected chi connectivity index (χ0v) is 12.2. The average Bonchev–Trinajstić information content (AvgIpc) is 2.72. The average molecular weight is 269 g/mol. The quantitative estimate of drug-likeness (QED) is 0.385. The monoisotopic (exact) mass is 269 g/mol. The molecule has 0 unspecified atom stereocenters. The van der Waals surface area contributed by atoms with E-state index in [4.69, 9.17) is 12.2 Å².